The summed E-state index contributed by atoms with van der Waals surface area (Å²) in [4.78, 5) is 43.8. The summed E-state index contributed by atoms with van der Waals surface area (Å²) in [5, 5.41) is 13.1. The molecular weight excluding hydrogens is 230 g/mol. The first-order valence-corrected chi connectivity index (χ1v) is 4.70. The Labute approximate surface area is 94.9 Å². The van der Waals surface area contributed by atoms with Crippen LogP contribution in [0.25, 0.3) is 0 Å². The predicted octanol–water partition coefficient (Wildman–Crippen LogP) is -1.87. The van der Waals surface area contributed by atoms with Gasteiger partial charge in [0.1, 0.15) is 6.04 Å². The average Bonchev–Trinajstić information content (AvgIpc) is 2.21. The van der Waals surface area contributed by atoms with Gasteiger partial charge in [0.15, 0.2) is 0 Å². The van der Waals surface area contributed by atoms with Gasteiger partial charge in [-0.1, -0.05) is 0 Å². The van der Waals surface area contributed by atoms with E-state index in [0.29, 0.717) is 0 Å². The van der Waals surface area contributed by atoms with Gasteiger partial charge in [-0.15, -0.1) is 0 Å². The minimum atomic E-state index is -1.29. The molecule has 0 fully saturated rings. The second kappa shape index (κ2) is 5.10. The smallest absolute Gasteiger partial charge is 0.328 e. The Morgan fingerprint density at radius 3 is 2.65 bits per heavy atom. The Balaban J connectivity index is 2.97. The summed E-state index contributed by atoms with van der Waals surface area (Å²) in [6.45, 7) is 0.816. The number of nitrogens with zero attached hydrogens (tertiary/aromatic N) is 1. The van der Waals surface area contributed by atoms with Crippen molar-refractivity contribution in [3.63, 3.8) is 0 Å². The molecule has 1 unspecified atom stereocenters. The SMILES string of the molecule is CC(=O)NC(Cn1[nH]c(=O)ccc1=O)C(=O)O. The van der Waals surface area contributed by atoms with Crippen molar-refractivity contribution in [3.8, 4) is 0 Å². The molecule has 1 amide bonds. The summed E-state index contributed by atoms with van der Waals surface area (Å²) in [6.07, 6.45) is 0. The van der Waals surface area contributed by atoms with E-state index in [9.17, 15) is 19.2 Å². The lowest BCUT2D eigenvalue weighted by Crippen LogP contribution is -2.45. The van der Waals surface area contributed by atoms with Gasteiger partial charge >= 0.3 is 5.97 Å². The number of carboxylic acid groups (broad SMARTS) is 1. The quantitative estimate of drug-likeness (QED) is 0.570. The molecule has 0 saturated carbocycles. The number of H-pyrrole nitrogens is 1. The third-order valence-electron chi connectivity index (χ3n) is 1.93. The van der Waals surface area contributed by atoms with E-state index < -0.39 is 29.0 Å². The number of hydrogen-bond acceptors (Lipinski definition) is 4. The molecule has 0 bridgehead atoms. The molecule has 8 heteroatoms. The normalized spacial score (nSPS) is 11.8. The van der Waals surface area contributed by atoms with E-state index in [0.717, 1.165) is 23.7 Å². The number of amides is 1. The molecule has 1 heterocycles. The van der Waals surface area contributed by atoms with Crippen molar-refractivity contribution in [1.29, 1.82) is 0 Å². The molecule has 0 aliphatic rings. The number of aliphatic carboxylic acids is 1. The Kier molecular flexibility index (Phi) is 3.81. The minimum Gasteiger partial charge on any atom is -0.480 e. The third kappa shape index (κ3) is 3.59. The highest BCUT2D eigenvalue weighted by Crippen LogP contribution is 1.87. The zero-order valence-electron chi connectivity index (χ0n) is 8.97. The second-order valence-electron chi connectivity index (χ2n) is 3.35. The van der Waals surface area contributed by atoms with Gasteiger partial charge in [-0.2, -0.15) is 0 Å². The van der Waals surface area contributed by atoms with Crippen LogP contribution in [0.1, 0.15) is 6.92 Å². The van der Waals surface area contributed by atoms with E-state index in [1.165, 1.54) is 0 Å². The molecular formula is C9H11N3O5. The number of carbonyl (C=O) groups is 2. The van der Waals surface area contributed by atoms with Crippen molar-refractivity contribution in [2.24, 2.45) is 0 Å². The number of carbonyl (C=O) groups excluding carboxylic acids is 1. The number of nitrogens with one attached hydrogen (secondary N) is 2. The Bertz CT molecular complexity index is 544. The predicted molar refractivity (Wildman–Crippen MR) is 56.6 cm³/mol. The van der Waals surface area contributed by atoms with Crippen LogP contribution in [0.5, 0.6) is 0 Å². The van der Waals surface area contributed by atoms with Crippen molar-refractivity contribution >= 4 is 11.9 Å². The maximum absolute atomic E-state index is 11.3. The molecule has 92 valence electrons. The first-order valence-electron chi connectivity index (χ1n) is 4.70. The van der Waals surface area contributed by atoms with Gasteiger partial charge in [-0.3, -0.25) is 19.5 Å². The molecule has 1 aromatic heterocycles. The highest BCUT2D eigenvalue weighted by atomic mass is 16.4. The molecule has 3 N–H and O–H groups in total. The molecule has 0 aliphatic carbocycles. The summed E-state index contributed by atoms with van der Waals surface area (Å²) in [6, 6.07) is 0.779. The van der Waals surface area contributed by atoms with Crippen LogP contribution in [0, 0.1) is 0 Å². The van der Waals surface area contributed by atoms with Gasteiger partial charge in [-0.05, 0) is 0 Å². The van der Waals surface area contributed by atoms with Crippen LogP contribution in [-0.4, -0.2) is 32.8 Å². The van der Waals surface area contributed by atoms with Gasteiger partial charge in [-0.25, -0.2) is 9.48 Å². The highest BCUT2D eigenvalue weighted by Gasteiger charge is 2.19. The topological polar surface area (TPSA) is 121 Å². The lowest BCUT2D eigenvalue weighted by Gasteiger charge is -2.13. The fraction of sp³-hybridized carbons (Fsp3) is 0.333. The van der Waals surface area contributed by atoms with Gasteiger partial charge in [0.25, 0.3) is 11.1 Å². The number of aromatic nitrogens is 2. The molecule has 1 atom stereocenters. The number of hydrogen-bond donors (Lipinski definition) is 3. The summed E-state index contributed by atoms with van der Waals surface area (Å²) < 4.78 is 0.830. The standard InChI is InChI=1S/C9H11N3O5/c1-5(13)10-6(9(16)17)4-12-8(15)3-2-7(14)11-12/h2-3,6H,4H2,1H3,(H,10,13)(H,11,14)(H,16,17). The van der Waals surface area contributed by atoms with E-state index in [-0.39, 0.29) is 6.54 Å². The van der Waals surface area contributed by atoms with E-state index in [1.807, 2.05) is 0 Å². The van der Waals surface area contributed by atoms with Crippen molar-refractivity contribution in [2.75, 3.05) is 0 Å². The van der Waals surface area contributed by atoms with E-state index in [2.05, 4.69) is 10.4 Å². The Morgan fingerprint density at radius 2 is 2.12 bits per heavy atom. The molecule has 17 heavy (non-hydrogen) atoms. The monoisotopic (exact) mass is 241 g/mol. The van der Waals surface area contributed by atoms with Gasteiger partial charge in [0.2, 0.25) is 5.91 Å². The van der Waals surface area contributed by atoms with Crippen molar-refractivity contribution < 1.29 is 14.7 Å². The van der Waals surface area contributed by atoms with Crippen LogP contribution >= 0.6 is 0 Å². The highest BCUT2D eigenvalue weighted by molar-refractivity contribution is 5.81. The lowest BCUT2D eigenvalue weighted by atomic mass is 10.3. The van der Waals surface area contributed by atoms with Crippen LogP contribution in [0.2, 0.25) is 0 Å². The molecule has 0 aliphatic heterocycles. The largest absolute Gasteiger partial charge is 0.480 e. The van der Waals surface area contributed by atoms with Gasteiger partial charge < -0.3 is 10.4 Å². The summed E-state index contributed by atoms with van der Waals surface area (Å²) in [5.74, 6) is -1.83. The molecule has 0 spiro atoms. The summed E-state index contributed by atoms with van der Waals surface area (Å²) >= 11 is 0. The van der Waals surface area contributed by atoms with Crippen LogP contribution in [0.3, 0.4) is 0 Å². The molecule has 8 nitrogen and oxygen atoms in total. The fourth-order valence-electron chi connectivity index (χ4n) is 1.21. The van der Waals surface area contributed by atoms with Gasteiger partial charge in [0, 0.05) is 19.1 Å². The van der Waals surface area contributed by atoms with E-state index in [4.69, 9.17) is 5.11 Å². The number of rotatable bonds is 4. The first-order chi connectivity index (χ1) is 7.90. The molecule has 0 aromatic carbocycles. The molecule has 0 radical (unpaired) electrons. The van der Waals surface area contributed by atoms with Crippen molar-refractivity contribution in [1.82, 2.24) is 15.1 Å². The molecule has 1 rings (SSSR count). The summed E-state index contributed by atoms with van der Waals surface area (Å²) in [7, 11) is 0. The third-order valence-corrected chi connectivity index (χ3v) is 1.93. The summed E-state index contributed by atoms with van der Waals surface area (Å²) in [5.41, 5.74) is -1.09. The van der Waals surface area contributed by atoms with Gasteiger partial charge in [0.05, 0.1) is 6.54 Å². The Hall–Kier alpha value is -2.38. The molecule has 1 aromatic rings. The zero-order chi connectivity index (χ0) is 13.0. The fourth-order valence-corrected chi connectivity index (χ4v) is 1.21. The average molecular weight is 241 g/mol. The maximum atomic E-state index is 11.3. The van der Waals surface area contributed by atoms with Crippen molar-refractivity contribution in [2.45, 2.75) is 19.5 Å². The Morgan fingerprint density at radius 1 is 1.47 bits per heavy atom. The van der Waals surface area contributed by atoms with Crippen LogP contribution in [0.4, 0.5) is 0 Å². The minimum absolute atomic E-state index is 0.343. The number of aromatic amines is 1. The first kappa shape index (κ1) is 12.7. The number of carboxylic acids is 1. The van der Waals surface area contributed by atoms with Crippen LogP contribution in [-0.2, 0) is 16.1 Å². The lowest BCUT2D eigenvalue weighted by molar-refractivity contribution is -0.142. The van der Waals surface area contributed by atoms with Crippen LogP contribution in [0.15, 0.2) is 21.7 Å². The maximum Gasteiger partial charge on any atom is 0.328 e. The van der Waals surface area contributed by atoms with Crippen LogP contribution < -0.4 is 16.4 Å². The second-order valence-corrected chi connectivity index (χ2v) is 3.35. The van der Waals surface area contributed by atoms with Crippen molar-refractivity contribution in [3.05, 3.63) is 32.8 Å². The zero-order valence-corrected chi connectivity index (χ0v) is 8.97. The van der Waals surface area contributed by atoms with E-state index in [1.54, 1.807) is 0 Å². The van der Waals surface area contributed by atoms with E-state index >= 15 is 0 Å². The molecule has 0 saturated heterocycles.